The zero-order valence-corrected chi connectivity index (χ0v) is 23.5. The molecule has 0 saturated carbocycles. The second-order valence-corrected chi connectivity index (χ2v) is 10.2. The second-order valence-electron chi connectivity index (χ2n) is 10.2. The van der Waals surface area contributed by atoms with Crippen molar-refractivity contribution >= 4 is 11.7 Å². The molecule has 1 aliphatic heterocycles. The van der Waals surface area contributed by atoms with Crippen LogP contribution in [0.2, 0.25) is 0 Å². The topological polar surface area (TPSA) is 134 Å². The molecule has 4 rings (SSSR count). The van der Waals surface area contributed by atoms with Crippen molar-refractivity contribution in [1.82, 2.24) is 10.5 Å². The molecule has 222 valence electrons. The minimum Gasteiger partial charge on any atom is -0.494 e. The first-order chi connectivity index (χ1) is 20.3. The summed E-state index contributed by atoms with van der Waals surface area (Å²) in [6, 6.07) is 12.6. The number of aromatic nitrogens is 1. The molecular weight excluding hydrogens is 544 g/mol. The van der Waals surface area contributed by atoms with Crippen LogP contribution in [0.3, 0.4) is 0 Å². The lowest BCUT2D eigenvalue weighted by atomic mass is 9.96. The van der Waals surface area contributed by atoms with E-state index >= 15 is 0 Å². The molecule has 1 aliphatic rings. The predicted molar refractivity (Wildman–Crippen MR) is 154 cm³/mol. The number of nitrogens with one attached hydrogen (secondary N) is 1. The van der Waals surface area contributed by atoms with Crippen molar-refractivity contribution in [3.05, 3.63) is 59.7 Å². The normalized spacial score (nSPS) is 13.5. The Morgan fingerprint density at radius 3 is 2.45 bits per heavy atom. The lowest BCUT2D eigenvalue weighted by Gasteiger charge is -2.32. The average molecular weight is 580 g/mol. The van der Waals surface area contributed by atoms with Crippen molar-refractivity contribution in [3.8, 4) is 40.0 Å². The molecule has 0 bridgehead atoms. The van der Waals surface area contributed by atoms with Gasteiger partial charge in [-0.05, 0) is 55.5 Å². The number of nitriles is 1. The number of amides is 1. The molecule has 2 heterocycles. The van der Waals surface area contributed by atoms with E-state index < -0.39 is 17.5 Å². The van der Waals surface area contributed by atoms with Crippen molar-refractivity contribution in [3.63, 3.8) is 0 Å². The third-order valence-corrected chi connectivity index (χ3v) is 7.32. The maximum Gasteiger partial charge on any atom is 0.243 e. The van der Waals surface area contributed by atoms with E-state index in [9.17, 15) is 18.8 Å². The quantitative estimate of drug-likeness (QED) is 0.149. The van der Waals surface area contributed by atoms with E-state index in [1.165, 1.54) is 31.4 Å². The standard InChI is InChI=1S/C31H35F2N5O4/c1-41-26-10-9-20(16-25(26)33)30-27(42-15-5-3-2-4-6-29(39)37-40)18-28(38-13-11-23(35)12-14-38)36-31(30)21-7-8-22(19-34)24(32)17-21/h7-10,16-18,23,40H,2-6,11-15,35H2,1H3,(H,37,39). The maximum absolute atomic E-state index is 14.9. The Balaban J connectivity index is 1.74. The number of ether oxygens (including phenoxy) is 2. The van der Waals surface area contributed by atoms with Crippen LogP contribution in [0.15, 0.2) is 42.5 Å². The van der Waals surface area contributed by atoms with E-state index in [4.69, 9.17) is 25.4 Å². The Morgan fingerprint density at radius 2 is 1.79 bits per heavy atom. The van der Waals surface area contributed by atoms with Crippen LogP contribution < -0.4 is 25.6 Å². The van der Waals surface area contributed by atoms with Gasteiger partial charge in [0, 0.05) is 37.2 Å². The van der Waals surface area contributed by atoms with Gasteiger partial charge in [-0.1, -0.05) is 25.0 Å². The van der Waals surface area contributed by atoms with E-state index in [0.29, 0.717) is 66.5 Å². The highest BCUT2D eigenvalue weighted by Gasteiger charge is 2.24. The van der Waals surface area contributed by atoms with Gasteiger partial charge in [0.1, 0.15) is 23.5 Å². The number of unbranched alkanes of at least 4 members (excludes halogenated alkanes) is 3. The van der Waals surface area contributed by atoms with Gasteiger partial charge in [-0.15, -0.1) is 0 Å². The van der Waals surface area contributed by atoms with Gasteiger partial charge in [0.05, 0.1) is 30.5 Å². The smallest absolute Gasteiger partial charge is 0.243 e. The largest absolute Gasteiger partial charge is 0.494 e. The van der Waals surface area contributed by atoms with Crippen LogP contribution in [0.1, 0.15) is 50.5 Å². The average Bonchev–Trinajstić information content (AvgIpc) is 3.00. The first kappa shape index (κ1) is 30.7. The number of methoxy groups -OCH3 is 1. The summed E-state index contributed by atoms with van der Waals surface area (Å²) < 4.78 is 41.2. The minimum absolute atomic E-state index is 0.0799. The highest BCUT2D eigenvalue weighted by atomic mass is 19.1. The fraction of sp³-hybridized carbons (Fsp3) is 0.387. The molecule has 1 fully saturated rings. The third-order valence-electron chi connectivity index (χ3n) is 7.32. The van der Waals surface area contributed by atoms with Crippen molar-refractivity contribution in [2.24, 2.45) is 5.73 Å². The fourth-order valence-corrected chi connectivity index (χ4v) is 4.96. The first-order valence-electron chi connectivity index (χ1n) is 14.0. The Hall–Kier alpha value is -4.27. The molecule has 1 amide bonds. The van der Waals surface area contributed by atoms with Gasteiger partial charge >= 0.3 is 0 Å². The van der Waals surface area contributed by atoms with Crippen molar-refractivity contribution in [1.29, 1.82) is 5.26 Å². The molecule has 3 aromatic rings. The number of benzene rings is 2. The zero-order valence-electron chi connectivity index (χ0n) is 23.5. The number of rotatable bonds is 12. The Bertz CT molecular complexity index is 1440. The van der Waals surface area contributed by atoms with Gasteiger partial charge in [0.25, 0.3) is 0 Å². The Morgan fingerprint density at radius 1 is 1.07 bits per heavy atom. The predicted octanol–water partition coefficient (Wildman–Crippen LogP) is 5.34. The number of hydrogen-bond donors (Lipinski definition) is 3. The van der Waals surface area contributed by atoms with Crippen LogP contribution in [-0.2, 0) is 4.79 Å². The molecule has 2 aromatic carbocycles. The SMILES string of the molecule is COc1ccc(-c2c(OCCCCCCC(=O)NO)cc(N3CCC(N)CC3)nc2-c2ccc(C#N)c(F)c2)cc1F. The highest BCUT2D eigenvalue weighted by Crippen LogP contribution is 2.42. The van der Waals surface area contributed by atoms with Crippen LogP contribution in [0.5, 0.6) is 11.5 Å². The Kier molecular flexibility index (Phi) is 10.6. The van der Waals surface area contributed by atoms with Gasteiger partial charge in [0.2, 0.25) is 5.91 Å². The molecular formula is C31H35F2N5O4. The van der Waals surface area contributed by atoms with Gasteiger partial charge in [0.15, 0.2) is 11.6 Å². The van der Waals surface area contributed by atoms with E-state index in [-0.39, 0.29) is 23.8 Å². The van der Waals surface area contributed by atoms with Crippen LogP contribution in [-0.4, -0.2) is 48.9 Å². The number of hydrogen-bond acceptors (Lipinski definition) is 8. The number of nitrogens with two attached hydrogens (primary N) is 1. The van der Waals surface area contributed by atoms with E-state index in [1.807, 2.05) is 12.1 Å². The van der Waals surface area contributed by atoms with Gasteiger partial charge in [-0.25, -0.2) is 19.2 Å². The summed E-state index contributed by atoms with van der Waals surface area (Å²) in [4.78, 5) is 18.3. The number of carbonyl (C=O) groups is 1. The van der Waals surface area contributed by atoms with Crippen LogP contribution in [0, 0.1) is 23.0 Å². The molecule has 4 N–H and O–H groups in total. The molecule has 0 aliphatic carbocycles. The van der Waals surface area contributed by atoms with Crippen molar-refractivity contribution in [2.45, 2.75) is 51.0 Å². The molecule has 11 heteroatoms. The lowest BCUT2D eigenvalue weighted by molar-refractivity contribution is -0.129. The van der Waals surface area contributed by atoms with Gasteiger partial charge < -0.3 is 20.1 Å². The number of pyridine rings is 1. The summed E-state index contributed by atoms with van der Waals surface area (Å²) in [5, 5.41) is 17.9. The van der Waals surface area contributed by atoms with E-state index in [0.717, 1.165) is 25.7 Å². The summed E-state index contributed by atoms with van der Waals surface area (Å²) in [6.07, 6.45) is 4.71. The minimum atomic E-state index is -0.685. The van der Waals surface area contributed by atoms with Crippen molar-refractivity contribution < 1.29 is 28.3 Å². The second kappa shape index (κ2) is 14.6. The van der Waals surface area contributed by atoms with E-state index in [1.54, 1.807) is 17.6 Å². The van der Waals surface area contributed by atoms with Gasteiger partial charge in [-0.3, -0.25) is 10.0 Å². The number of carbonyl (C=O) groups excluding carboxylic acids is 1. The summed E-state index contributed by atoms with van der Waals surface area (Å²) in [5.41, 5.74) is 9.43. The van der Waals surface area contributed by atoms with Crippen LogP contribution in [0.25, 0.3) is 22.4 Å². The summed E-state index contributed by atoms with van der Waals surface area (Å²) in [5.74, 6) is -0.508. The molecule has 1 saturated heterocycles. The monoisotopic (exact) mass is 579 g/mol. The molecule has 0 radical (unpaired) electrons. The van der Waals surface area contributed by atoms with Crippen molar-refractivity contribution in [2.75, 3.05) is 31.7 Å². The van der Waals surface area contributed by atoms with Crippen LogP contribution >= 0.6 is 0 Å². The fourth-order valence-electron chi connectivity index (χ4n) is 4.96. The number of nitrogens with zero attached hydrogens (tertiary/aromatic N) is 3. The van der Waals surface area contributed by atoms with Gasteiger partial charge in [-0.2, -0.15) is 5.26 Å². The van der Waals surface area contributed by atoms with Crippen LogP contribution in [0.4, 0.5) is 14.6 Å². The molecule has 0 unspecified atom stereocenters. The molecule has 42 heavy (non-hydrogen) atoms. The molecule has 9 nitrogen and oxygen atoms in total. The number of halogens is 2. The highest BCUT2D eigenvalue weighted by molar-refractivity contribution is 5.87. The number of anilines is 1. The molecule has 0 spiro atoms. The molecule has 0 atom stereocenters. The third kappa shape index (κ3) is 7.51. The summed E-state index contributed by atoms with van der Waals surface area (Å²) in [6.45, 7) is 1.72. The summed E-state index contributed by atoms with van der Waals surface area (Å²) in [7, 11) is 1.38. The van der Waals surface area contributed by atoms with E-state index in [2.05, 4.69) is 4.90 Å². The number of hydroxylamine groups is 1. The summed E-state index contributed by atoms with van der Waals surface area (Å²) >= 11 is 0. The lowest BCUT2D eigenvalue weighted by Crippen LogP contribution is -2.40. The first-order valence-corrected chi connectivity index (χ1v) is 14.0. The Labute approximate surface area is 243 Å². The maximum atomic E-state index is 14.9. The zero-order chi connectivity index (χ0) is 30.1. The number of piperidine rings is 1. The molecule has 1 aromatic heterocycles.